The fraction of sp³-hybridized carbons (Fsp3) is 0.200. The number of ether oxygens (including phenoxy) is 2. The van der Waals surface area contributed by atoms with Gasteiger partial charge in [-0.05, 0) is 35.7 Å². The lowest BCUT2D eigenvalue weighted by Crippen LogP contribution is -2.04. The number of aromatic nitrogens is 1. The van der Waals surface area contributed by atoms with Crippen molar-refractivity contribution in [1.82, 2.24) is 4.98 Å². The summed E-state index contributed by atoms with van der Waals surface area (Å²) in [5.74, 6) is 1.31. The molecule has 1 aromatic heterocycles. The summed E-state index contributed by atoms with van der Waals surface area (Å²) >= 11 is 0. The van der Waals surface area contributed by atoms with E-state index < -0.39 is 0 Å². The van der Waals surface area contributed by atoms with E-state index in [4.69, 9.17) is 9.47 Å². The Bertz CT molecular complexity index is 583. The lowest BCUT2D eigenvalue weighted by molar-refractivity contribution is -0.109. The Morgan fingerprint density at radius 1 is 1.26 bits per heavy atom. The maximum absolute atomic E-state index is 11.3. The molecular weight excluding hydrogens is 242 g/mol. The molecule has 1 aromatic carbocycles. The summed E-state index contributed by atoms with van der Waals surface area (Å²) in [6.07, 6.45) is 5.02. The van der Waals surface area contributed by atoms with Crippen LogP contribution in [0.25, 0.3) is 0 Å². The van der Waals surface area contributed by atoms with Gasteiger partial charge in [0, 0.05) is 18.3 Å². The number of nitrogens with zero attached hydrogens (tertiary/aromatic N) is 1. The van der Waals surface area contributed by atoms with Crippen LogP contribution in [0.3, 0.4) is 0 Å². The second-order valence-corrected chi connectivity index (χ2v) is 4.42. The molecule has 4 nitrogen and oxygen atoms in total. The highest BCUT2D eigenvalue weighted by molar-refractivity contribution is 5.62. The summed E-state index contributed by atoms with van der Waals surface area (Å²) in [5, 5.41) is 0. The zero-order valence-corrected chi connectivity index (χ0v) is 10.3. The Balaban J connectivity index is 1.82. The summed E-state index contributed by atoms with van der Waals surface area (Å²) < 4.78 is 10.6. The average Bonchev–Trinajstić information content (AvgIpc) is 2.93. The number of pyridine rings is 1. The Morgan fingerprint density at radius 2 is 2.16 bits per heavy atom. The standard InChI is InChI=1S/C15H13NO3/c17-9-13(12-2-1-5-16-8-12)6-11-3-4-14-15(7-11)19-10-18-14/h1-5,7-9,13H,6,10H2. The molecule has 1 unspecified atom stereocenters. The van der Waals surface area contributed by atoms with Crippen LogP contribution in [-0.4, -0.2) is 18.1 Å². The summed E-state index contributed by atoms with van der Waals surface area (Å²) in [4.78, 5) is 15.3. The van der Waals surface area contributed by atoms with E-state index in [1.165, 1.54) is 0 Å². The molecule has 4 heteroatoms. The summed E-state index contributed by atoms with van der Waals surface area (Å²) in [6.45, 7) is 0.262. The molecular formula is C15H13NO3. The summed E-state index contributed by atoms with van der Waals surface area (Å²) in [6, 6.07) is 9.52. The van der Waals surface area contributed by atoms with Crippen LogP contribution in [0.4, 0.5) is 0 Å². The quantitative estimate of drug-likeness (QED) is 0.787. The predicted octanol–water partition coefficient (Wildman–Crippen LogP) is 2.34. The van der Waals surface area contributed by atoms with Crippen LogP contribution in [0, 0.1) is 0 Å². The normalized spacial score (nSPS) is 14.1. The summed E-state index contributed by atoms with van der Waals surface area (Å²) in [5.41, 5.74) is 1.97. The van der Waals surface area contributed by atoms with Crippen LogP contribution < -0.4 is 9.47 Å². The van der Waals surface area contributed by atoms with Crippen LogP contribution in [-0.2, 0) is 11.2 Å². The second-order valence-electron chi connectivity index (χ2n) is 4.42. The van der Waals surface area contributed by atoms with Gasteiger partial charge in [-0.15, -0.1) is 0 Å². The minimum absolute atomic E-state index is 0.186. The molecule has 0 fully saturated rings. The molecule has 0 N–H and O–H groups in total. The molecule has 0 radical (unpaired) electrons. The number of carbonyl (C=O) groups excluding carboxylic acids is 1. The number of hydrogen-bond acceptors (Lipinski definition) is 4. The predicted molar refractivity (Wildman–Crippen MR) is 69.3 cm³/mol. The second kappa shape index (κ2) is 5.10. The van der Waals surface area contributed by atoms with Crippen molar-refractivity contribution in [3.8, 4) is 11.5 Å². The Morgan fingerprint density at radius 3 is 2.95 bits per heavy atom. The van der Waals surface area contributed by atoms with Crippen molar-refractivity contribution in [3.63, 3.8) is 0 Å². The van der Waals surface area contributed by atoms with Crippen molar-refractivity contribution in [2.24, 2.45) is 0 Å². The van der Waals surface area contributed by atoms with Crippen LogP contribution in [0.1, 0.15) is 17.0 Å². The number of rotatable bonds is 4. The van der Waals surface area contributed by atoms with Crippen molar-refractivity contribution >= 4 is 6.29 Å². The zero-order valence-electron chi connectivity index (χ0n) is 10.3. The lowest BCUT2D eigenvalue weighted by atomic mass is 9.94. The monoisotopic (exact) mass is 255 g/mol. The van der Waals surface area contributed by atoms with Crippen molar-refractivity contribution in [3.05, 3.63) is 53.9 Å². The van der Waals surface area contributed by atoms with E-state index in [9.17, 15) is 4.79 Å². The van der Waals surface area contributed by atoms with E-state index in [1.54, 1.807) is 12.4 Å². The SMILES string of the molecule is O=CC(Cc1ccc2c(c1)OCO2)c1cccnc1. The van der Waals surface area contributed by atoms with Gasteiger partial charge in [0.25, 0.3) is 0 Å². The molecule has 3 rings (SSSR count). The minimum Gasteiger partial charge on any atom is -0.454 e. The molecule has 96 valence electrons. The van der Waals surface area contributed by atoms with Gasteiger partial charge in [0.15, 0.2) is 11.5 Å². The summed E-state index contributed by atoms with van der Waals surface area (Å²) in [7, 11) is 0. The number of fused-ring (bicyclic) bond motifs is 1. The van der Waals surface area contributed by atoms with Gasteiger partial charge in [-0.2, -0.15) is 0 Å². The van der Waals surface area contributed by atoms with E-state index in [1.807, 2.05) is 30.3 Å². The van der Waals surface area contributed by atoms with Crippen LogP contribution in [0.15, 0.2) is 42.7 Å². The van der Waals surface area contributed by atoms with E-state index in [-0.39, 0.29) is 12.7 Å². The number of benzene rings is 1. The molecule has 0 bridgehead atoms. The molecule has 1 aliphatic heterocycles. The fourth-order valence-electron chi connectivity index (χ4n) is 2.16. The van der Waals surface area contributed by atoms with Crippen LogP contribution in [0.2, 0.25) is 0 Å². The van der Waals surface area contributed by atoms with Gasteiger partial charge in [0.1, 0.15) is 6.29 Å². The average molecular weight is 255 g/mol. The molecule has 1 aliphatic rings. The lowest BCUT2D eigenvalue weighted by Gasteiger charge is -2.10. The van der Waals surface area contributed by atoms with Gasteiger partial charge in [-0.1, -0.05) is 12.1 Å². The third-order valence-electron chi connectivity index (χ3n) is 3.17. The first-order chi connectivity index (χ1) is 9.36. The van der Waals surface area contributed by atoms with Gasteiger partial charge in [0.2, 0.25) is 6.79 Å². The number of hydrogen-bond donors (Lipinski definition) is 0. The topological polar surface area (TPSA) is 48.4 Å². The van der Waals surface area contributed by atoms with Crippen molar-refractivity contribution in [2.45, 2.75) is 12.3 Å². The van der Waals surface area contributed by atoms with E-state index >= 15 is 0 Å². The number of aldehydes is 1. The first-order valence-corrected chi connectivity index (χ1v) is 6.10. The Kier molecular flexibility index (Phi) is 3.14. The third-order valence-corrected chi connectivity index (χ3v) is 3.17. The van der Waals surface area contributed by atoms with Crippen LogP contribution >= 0.6 is 0 Å². The highest BCUT2D eigenvalue weighted by atomic mass is 16.7. The molecule has 2 aromatic rings. The molecule has 2 heterocycles. The van der Waals surface area contributed by atoms with Crippen molar-refractivity contribution < 1.29 is 14.3 Å². The number of carbonyl (C=O) groups is 1. The third kappa shape index (κ3) is 2.42. The van der Waals surface area contributed by atoms with E-state index in [0.717, 1.165) is 28.9 Å². The largest absolute Gasteiger partial charge is 0.454 e. The van der Waals surface area contributed by atoms with Crippen molar-refractivity contribution in [2.75, 3.05) is 6.79 Å². The fourth-order valence-corrected chi connectivity index (χ4v) is 2.16. The van der Waals surface area contributed by atoms with Crippen molar-refractivity contribution in [1.29, 1.82) is 0 Å². The van der Waals surface area contributed by atoms with Gasteiger partial charge >= 0.3 is 0 Å². The van der Waals surface area contributed by atoms with E-state index in [0.29, 0.717) is 6.42 Å². The first kappa shape index (κ1) is 11.7. The minimum atomic E-state index is -0.186. The van der Waals surface area contributed by atoms with Gasteiger partial charge in [-0.3, -0.25) is 4.98 Å². The molecule has 0 saturated heterocycles. The smallest absolute Gasteiger partial charge is 0.231 e. The highest BCUT2D eigenvalue weighted by Crippen LogP contribution is 2.33. The Hall–Kier alpha value is -2.36. The van der Waals surface area contributed by atoms with Crippen LogP contribution in [0.5, 0.6) is 11.5 Å². The van der Waals surface area contributed by atoms with Gasteiger partial charge in [0.05, 0.1) is 0 Å². The molecule has 0 amide bonds. The molecule has 0 aliphatic carbocycles. The highest BCUT2D eigenvalue weighted by Gasteiger charge is 2.16. The molecule has 1 atom stereocenters. The maximum Gasteiger partial charge on any atom is 0.231 e. The van der Waals surface area contributed by atoms with E-state index in [2.05, 4.69) is 4.98 Å². The van der Waals surface area contributed by atoms with Gasteiger partial charge < -0.3 is 14.3 Å². The van der Waals surface area contributed by atoms with Gasteiger partial charge in [-0.25, -0.2) is 0 Å². The molecule has 0 spiro atoms. The molecule has 0 saturated carbocycles. The molecule has 19 heavy (non-hydrogen) atoms. The Labute approximate surface area is 111 Å². The first-order valence-electron chi connectivity index (χ1n) is 6.10. The maximum atomic E-state index is 11.3. The zero-order chi connectivity index (χ0) is 13.1.